The van der Waals surface area contributed by atoms with Gasteiger partial charge in [-0.25, -0.2) is 12.8 Å². The first kappa shape index (κ1) is 14.6. The molecule has 0 N–H and O–H groups in total. The minimum Gasteiger partial charge on any atom is -0.383 e. The van der Waals surface area contributed by atoms with Crippen molar-refractivity contribution in [3.63, 3.8) is 0 Å². The number of hydrogen-bond donors (Lipinski definition) is 0. The third-order valence-electron chi connectivity index (χ3n) is 2.38. The van der Waals surface area contributed by atoms with Gasteiger partial charge in [0.05, 0.1) is 17.1 Å². The number of nitrogens with zero attached hydrogens (tertiary/aromatic N) is 2. The van der Waals surface area contributed by atoms with Crippen LogP contribution in [0.3, 0.4) is 0 Å². The summed E-state index contributed by atoms with van der Waals surface area (Å²) in [5.74, 6) is -0.740. The fraction of sp³-hybridized carbons (Fsp3) is 0.364. The standard InChI is InChI=1S/C11H13FN2O3S/c1-14(5-6-17-2)18(15,16)10-3-4-11(12)9(7-10)8-13/h3-4,7H,5-6H2,1-2H3. The summed E-state index contributed by atoms with van der Waals surface area (Å²) in [6, 6.07) is 4.73. The van der Waals surface area contributed by atoms with E-state index in [4.69, 9.17) is 10.00 Å². The lowest BCUT2D eigenvalue weighted by Gasteiger charge is -2.16. The number of hydrogen-bond acceptors (Lipinski definition) is 4. The molecule has 5 nitrogen and oxygen atoms in total. The number of likely N-dealkylation sites (N-methyl/N-ethyl adjacent to an activating group) is 1. The highest BCUT2D eigenvalue weighted by Crippen LogP contribution is 2.17. The average molecular weight is 272 g/mol. The van der Waals surface area contributed by atoms with Crippen molar-refractivity contribution >= 4 is 10.0 Å². The van der Waals surface area contributed by atoms with Crippen LogP contribution in [-0.4, -0.2) is 40.0 Å². The minimum atomic E-state index is -3.73. The second-order valence-corrected chi connectivity index (χ2v) is 5.62. The van der Waals surface area contributed by atoms with Crippen LogP contribution in [0, 0.1) is 17.1 Å². The maximum Gasteiger partial charge on any atom is 0.242 e. The molecule has 0 unspecified atom stereocenters. The Balaban J connectivity index is 3.10. The molecule has 0 bridgehead atoms. The summed E-state index contributed by atoms with van der Waals surface area (Å²) in [6.07, 6.45) is 0. The highest BCUT2D eigenvalue weighted by atomic mass is 32.2. The summed E-state index contributed by atoms with van der Waals surface area (Å²) in [4.78, 5) is -0.112. The molecule has 1 aromatic carbocycles. The van der Waals surface area contributed by atoms with Gasteiger partial charge in [-0.3, -0.25) is 0 Å². The second-order valence-electron chi connectivity index (χ2n) is 3.57. The van der Waals surface area contributed by atoms with Crippen LogP contribution in [0.25, 0.3) is 0 Å². The molecule has 7 heteroatoms. The number of methoxy groups -OCH3 is 1. The van der Waals surface area contributed by atoms with Gasteiger partial charge >= 0.3 is 0 Å². The number of benzene rings is 1. The highest BCUT2D eigenvalue weighted by molar-refractivity contribution is 7.89. The molecule has 0 radical (unpaired) electrons. The lowest BCUT2D eigenvalue weighted by atomic mass is 10.2. The summed E-state index contributed by atoms with van der Waals surface area (Å²) >= 11 is 0. The van der Waals surface area contributed by atoms with Crippen molar-refractivity contribution < 1.29 is 17.5 Å². The molecule has 1 aromatic rings. The zero-order valence-electron chi connectivity index (χ0n) is 10.1. The lowest BCUT2D eigenvalue weighted by Crippen LogP contribution is -2.30. The Bertz CT molecular complexity index is 566. The zero-order valence-corrected chi connectivity index (χ0v) is 10.9. The van der Waals surface area contributed by atoms with Gasteiger partial charge in [0.15, 0.2) is 0 Å². The van der Waals surface area contributed by atoms with Crippen molar-refractivity contribution in [3.8, 4) is 6.07 Å². The molecule has 0 saturated carbocycles. The molecule has 0 atom stereocenters. The van der Waals surface area contributed by atoms with E-state index in [-0.39, 0.29) is 23.6 Å². The van der Waals surface area contributed by atoms with Gasteiger partial charge in [0.2, 0.25) is 10.0 Å². The Kier molecular flexibility index (Phi) is 4.78. The fourth-order valence-corrected chi connectivity index (χ4v) is 2.45. The van der Waals surface area contributed by atoms with Crippen LogP contribution in [-0.2, 0) is 14.8 Å². The molecule has 0 aliphatic heterocycles. The first-order valence-corrected chi connectivity index (χ1v) is 6.52. The molecule has 0 amide bonds. The molecule has 1 rings (SSSR count). The Hall–Kier alpha value is -1.49. The maximum atomic E-state index is 13.1. The van der Waals surface area contributed by atoms with E-state index < -0.39 is 15.8 Å². The van der Waals surface area contributed by atoms with Crippen LogP contribution in [0.5, 0.6) is 0 Å². The van der Waals surface area contributed by atoms with E-state index in [0.29, 0.717) is 0 Å². The van der Waals surface area contributed by atoms with Crippen molar-refractivity contribution in [2.45, 2.75) is 4.90 Å². The van der Waals surface area contributed by atoms with E-state index in [2.05, 4.69) is 0 Å². The van der Waals surface area contributed by atoms with Crippen LogP contribution < -0.4 is 0 Å². The Morgan fingerprint density at radius 3 is 2.72 bits per heavy atom. The normalized spacial score (nSPS) is 11.5. The van der Waals surface area contributed by atoms with Crippen molar-refractivity contribution in [2.24, 2.45) is 0 Å². The predicted octanol–water partition coefficient (Wildman–Crippen LogP) is 0.964. The molecule has 0 fully saturated rings. The first-order chi connectivity index (χ1) is 8.43. The van der Waals surface area contributed by atoms with Crippen LogP contribution in [0.4, 0.5) is 4.39 Å². The summed E-state index contributed by atoms with van der Waals surface area (Å²) in [7, 11) is -0.868. The average Bonchev–Trinajstić information content (AvgIpc) is 2.36. The van der Waals surface area contributed by atoms with Gasteiger partial charge < -0.3 is 4.74 Å². The van der Waals surface area contributed by atoms with Crippen molar-refractivity contribution in [1.29, 1.82) is 5.26 Å². The molecular weight excluding hydrogens is 259 g/mol. The van der Waals surface area contributed by atoms with Gasteiger partial charge in [-0.2, -0.15) is 9.57 Å². The molecule has 0 spiro atoms. The number of sulfonamides is 1. The monoisotopic (exact) mass is 272 g/mol. The molecule has 98 valence electrons. The summed E-state index contributed by atoms with van der Waals surface area (Å²) in [5, 5.41) is 8.67. The topological polar surface area (TPSA) is 70.4 Å². The molecular formula is C11H13FN2O3S. The smallest absolute Gasteiger partial charge is 0.242 e. The summed E-state index contributed by atoms with van der Waals surface area (Å²) in [5.41, 5.74) is -0.295. The number of ether oxygens (including phenoxy) is 1. The van der Waals surface area contributed by atoms with Gasteiger partial charge in [-0.1, -0.05) is 0 Å². The van der Waals surface area contributed by atoms with Gasteiger partial charge in [0.25, 0.3) is 0 Å². The van der Waals surface area contributed by atoms with E-state index in [1.165, 1.54) is 14.2 Å². The van der Waals surface area contributed by atoms with Crippen LogP contribution in [0.2, 0.25) is 0 Å². The maximum absolute atomic E-state index is 13.1. The third kappa shape index (κ3) is 3.04. The van der Waals surface area contributed by atoms with Crippen molar-refractivity contribution in [2.75, 3.05) is 27.3 Å². The van der Waals surface area contributed by atoms with Gasteiger partial charge in [0, 0.05) is 20.7 Å². The van der Waals surface area contributed by atoms with Crippen LogP contribution >= 0.6 is 0 Å². The summed E-state index contributed by atoms with van der Waals surface area (Å²) in [6.45, 7) is 0.431. The number of rotatable bonds is 5. The molecule has 0 heterocycles. The Morgan fingerprint density at radius 1 is 1.50 bits per heavy atom. The second kappa shape index (κ2) is 5.91. The van der Waals surface area contributed by atoms with Crippen molar-refractivity contribution in [1.82, 2.24) is 4.31 Å². The molecule has 0 aromatic heterocycles. The first-order valence-electron chi connectivity index (χ1n) is 5.08. The van der Waals surface area contributed by atoms with E-state index in [1.807, 2.05) is 0 Å². The zero-order chi connectivity index (χ0) is 13.8. The van der Waals surface area contributed by atoms with Gasteiger partial charge in [-0.05, 0) is 18.2 Å². The van der Waals surface area contributed by atoms with E-state index in [1.54, 1.807) is 6.07 Å². The van der Waals surface area contributed by atoms with E-state index in [0.717, 1.165) is 22.5 Å². The van der Waals surface area contributed by atoms with E-state index >= 15 is 0 Å². The van der Waals surface area contributed by atoms with Crippen LogP contribution in [0.15, 0.2) is 23.1 Å². The number of nitriles is 1. The fourth-order valence-electron chi connectivity index (χ4n) is 1.27. The summed E-state index contributed by atoms with van der Waals surface area (Å²) < 4.78 is 43.1. The molecule has 0 aliphatic carbocycles. The molecule has 0 aliphatic rings. The predicted molar refractivity (Wildman–Crippen MR) is 62.8 cm³/mol. The van der Waals surface area contributed by atoms with E-state index in [9.17, 15) is 12.8 Å². The SMILES string of the molecule is COCCN(C)S(=O)(=O)c1ccc(F)c(C#N)c1. The van der Waals surface area contributed by atoms with Crippen molar-refractivity contribution in [3.05, 3.63) is 29.6 Å². The van der Waals surface area contributed by atoms with Gasteiger partial charge in [0.1, 0.15) is 11.9 Å². The Morgan fingerprint density at radius 2 is 2.17 bits per heavy atom. The number of halogens is 1. The lowest BCUT2D eigenvalue weighted by molar-refractivity contribution is 0.185. The molecule has 0 saturated heterocycles. The largest absolute Gasteiger partial charge is 0.383 e. The molecule has 18 heavy (non-hydrogen) atoms. The minimum absolute atomic E-state index is 0.112. The Labute approximate surface area is 105 Å². The van der Waals surface area contributed by atoms with Crippen LogP contribution in [0.1, 0.15) is 5.56 Å². The third-order valence-corrected chi connectivity index (χ3v) is 4.23. The van der Waals surface area contributed by atoms with Gasteiger partial charge in [-0.15, -0.1) is 0 Å². The quantitative estimate of drug-likeness (QED) is 0.800. The highest BCUT2D eigenvalue weighted by Gasteiger charge is 2.21.